The Morgan fingerprint density at radius 1 is 1.03 bits per heavy atom. The fraction of sp³-hybridized carbons (Fsp3) is 0.0455. The van der Waals surface area contributed by atoms with Crippen molar-refractivity contribution in [3.8, 4) is 0 Å². The number of aryl methyl sites for hydroxylation is 1. The fourth-order valence-electron chi connectivity index (χ4n) is 3.50. The zero-order valence-corrected chi connectivity index (χ0v) is 18.3. The van der Waals surface area contributed by atoms with Gasteiger partial charge in [-0.05, 0) is 42.5 Å². The Labute approximate surface area is 191 Å². The molecule has 34 heavy (non-hydrogen) atoms. The van der Waals surface area contributed by atoms with Gasteiger partial charge in [0.15, 0.2) is 4.90 Å². The first kappa shape index (κ1) is 21.5. The fourth-order valence-corrected chi connectivity index (χ4v) is 4.72. The van der Waals surface area contributed by atoms with E-state index in [1.807, 2.05) is 35.2 Å². The molecular weight excluding hydrogens is 466 g/mol. The first-order valence-corrected chi connectivity index (χ1v) is 11.4. The standard InChI is InChI=1S/C22H16F2N6O3S/c1-30-20-13(11-26-22(28-20)27-15-3-5-17-12(8-15)6-7-25-17)9-19(21(30)31)34(32,33)29-18-4-2-14(23)10-16(18)24/h2-11,25,29H,1H3,(H,26,27,28). The van der Waals surface area contributed by atoms with E-state index in [2.05, 4.69) is 20.3 Å². The molecule has 0 saturated heterocycles. The lowest BCUT2D eigenvalue weighted by molar-refractivity contribution is 0.582. The predicted octanol–water partition coefficient (Wildman–Crippen LogP) is 3.63. The van der Waals surface area contributed by atoms with Gasteiger partial charge in [-0.3, -0.25) is 14.1 Å². The van der Waals surface area contributed by atoms with Crippen molar-refractivity contribution >= 4 is 49.3 Å². The van der Waals surface area contributed by atoms with E-state index in [9.17, 15) is 22.0 Å². The highest BCUT2D eigenvalue weighted by molar-refractivity contribution is 7.92. The molecule has 0 spiro atoms. The Bertz CT molecular complexity index is 1750. The van der Waals surface area contributed by atoms with Gasteiger partial charge >= 0.3 is 0 Å². The van der Waals surface area contributed by atoms with Gasteiger partial charge in [-0.15, -0.1) is 0 Å². The normalized spacial score (nSPS) is 11.7. The summed E-state index contributed by atoms with van der Waals surface area (Å²) in [5, 5.41) is 4.31. The van der Waals surface area contributed by atoms with Crippen LogP contribution in [0.2, 0.25) is 0 Å². The van der Waals surface area contributed by atoms with Gasteiger partial charge in [0, 0.05) is 47.5 Å². The molecule has 0 amide bonds. The van der Waals surface area contributed by atoms with Crippen molar-refractivity contribution in [2.45, 2.75) is 4.90 Å². The van der Waals surface area contributed by atoms with Crippen LogP contribution in [0.3, 0.4) is 0 Å². The van der Waals surface area contributed by atoms with Crippen LogP contribution in [0.25, 0.3) is 21.9 Å². The molecule has 0 aliphatic rings. The molecule has 3 N–H and O–H groups in total. The number of anilines is 3. The van der Waals surface area contributed by atoms with Gasteiger partial charge in [-0.1, -0.05) is 0 Å². The summed E-state index contributed by atoms with van der Waals surface area (Å²) < 4.78 is 55.7. The third-order valence-corrected chi connectivity index (χ3v) is 6.55. The van der Waals surface area contributed by atoms with Crippen LogP contribution in [0.5, 0.6) is 0 Å². The average molecular weight is 482 g/mol. The van der Waals surface area contributed by atoms with Crippen LogP contribution < -0.4 is 15.6 Å². The number of hydrogen-bond donors (Lipinski definition) is 3. The molecule has 0 radical (unpaired) electrons. The number of hydrogen-bond acceptors (Lipinski definition) is 6. The van der Waals surface area contributed by atoms with Gasteiger partial charge in [0.2, 0.25) is 5.95 Å². The second-order valence-corrected chi connectivity index (χ2v) is 9.13. The SMILES string of the molecule is Cn1c(=O)c(S(=O)(=O)Nc2ccc(F)cc2F)cc2cnc(Nc3ccc4[nH]ccc4c3)nc21. The number of sulfonamides is 1. The molecule has 12 heteroatoms. The summed E-state index contributed by atoms with van der Waals surface area (Å²) in [7, 11) is -3.12. The Hall–Kier alpha value is -4.32. The van der Waals surface area contributed by atoms with E-state index in [1.165, 1.54) is 13.2 Å². The first-order chi connectivity index (χ1) is 16.2. The van der Waals surface area contributed by atoms with Crippen molar-refractivity contribution in [2.75, 3.05) is 10.0 Å². The van der Waals surface area contributed by atoms with Gasteiger partial charge in [0.05, 0.1) is 5.69 Å². The lowest BCUT2D eigenvalue weighted by Gasteiger charge is -2.12. The molecule has 2 aromatic carbocycles. The molecule has 9 nitrogen and oxygen atoms in total. The van der Waals surface area contributed by atoms with E-state index in [4.69, 9.17) is 0 Å². The number of fused-ring (bicyclic) bond motifs is 2. The predicted molar refractivity (Wildman–Crippen MR) is 124 cm³/mol. The summed E-state index contributed by atoms with van der Waals surface area (Å²) in [6.45, 7) is 0. The minimum Gasteiger partial charge on any atom is -0.361 e. The summed E-state index contributed by atoms with van der Waals surface area (Å²) in [5.41, 5.74) is 0.521. The number of rotatable bonds is 5. The van der Waals surface area contributed by atoms with Crippen molar-refractivity contribution < 1.29 is 17.2 Å². The number of benzene rings is 2. The molecule has 0 saturated carbocycles. The average Bonchev–Trinajstić information content (AvgIpc) is 3.26. The molecule has 3 heterocycles. The minimum atomic E-state index is -4.49. The van der Waals surface area contributed by atoms with Crippen molar-refractivity contribution in [3.63, 3.8) is 0 Å². The van der Waals surface area contributed by atoms with Crippen LogP contribution in [0.1, 0.15) is 0 Å². The lowest BCUT2D eigenvalue weighted by Crippen LogP contribution is -2.28. The van der Waals surface area contributed by atoms with Gasteiger partial charge in [-0.2, -0.15) is 4.98 Å². The Balaban J connectivity index is 1.51. The second kappa shape index (κ2) is 7.92. The van der Waals surface area contributed by atoms with E-state index in [-0.39, 0.29) is 17.0 Å². The van der Waals surface area contributed by atoms with E-state index in [0.717, 1.165) is 39.4 Å². The Kier molecular flexibility index (Phi) is 5.01. The van der Waals surface area contributed by atoms with Gasteiger partial charge < -0.3 is 10.3 Å². The summed E-state index contributed by atoms with van der Waals surface area (Å²) in [4.78, 5) is 23.9. The van der Waals surface area contributed by atoms with Crippen LogP contribution >= 0.6 is 0 Å². The molecule has 0 fully saturated rings. The first-order valence-electron chi connectivity index (χ1n) is 9.90. The molecule has 0 bridgehead atoms. The van der Waals surface area contributed by atoms with Crippen molar-refractivity contribution in [1.82, 2.24) is 19.5 Å². The highest BCUT2D eigenvalue weighted by atomic mass is 32.2. The van der Waals surface area contributed by atoms with Crippen molar-refractivity contribution in [1.29, 1.82) is 0 Å². The van der Waals surface area contributed by atoms with Crippen LogP contribution in [0.15, 0.2) is 70.6 Å². The third kappa shape index (κ3) is 3.83. The van der Waals surface area contributed by atoms with Crippen LogP contribution in [-0.2, 0) is 17.1 Å². The third-order valence-electron chi connectivity index (χ3n) is 5.19. The zero-order chi connectivity index (χ0) is 24.0. The number of aromatic amines is 1. The topological polar surface area (TPSA) is 122 Å². The van der Waals surface area contributed by atoms with E-state index < -0.39 is 37.8 Å². The van der Waals surface area contributed by atoms with Crippen LogP contribution in [0, 0.1) is 11.6 Å². The maximum Gasteiger partial charge on any atom is 0.272 e. The molecule has 0 aliphatic heterocycles. The van der Waals surface area contributed by atoms with E-state index >= 15 is 0 Å². The van der Waals surface area contributed by atoms with Crippen molar-refractivity contribution in [2.24, 2.45) is 7.05 Å². The Morgan fingerprint density at radius 2 is 1.85 bits per heavy atom. The van der Waals surface area contributed by atoms with Crippen LogP contribution in [0.4, 0.5) is 26.1 Å². The highest BCUT2D eigenvalue weighted by Gasteiger charge is 2.23. The maximum atomic E-state index is 13.9. The Morgan fingerprint density at radius 3 is 2.65 bits per heavy atom. The summed E-state index contributed by atoms with van der Waals surface area (Å²) in [6.07, 6.45) is 3.19. The second-order valence-electron chi connectivity index (χ2n) is 7.48. The molecule has 0 atom stereocenters. The number of aromatic nitrogens is 4. The monoisotopic (exact) mass is 482 g/mol. The number of H-pyrrole nitrogens is 1. The lowest BCUT2D eigenvalue weighted by atomic mass is 10.2. The number of halogens is 2. The minimum absolute atomic E-state index is 0.192. The summed E-state index contributed by atoms with van der Waals surface area (Å²) >= 11 is 0. The van der Waals surface area contributed by atoms with Crippen molar-refractivity contribution in [3.05, 3.63) is 82.9 Å². The molecule has 0 aliphatic carbocycles. The number of pyridine rings is 1. The quantitative estimate of drug-likeness (QED) is 0.352. The van der Waals surface area contributed by atoms with Gasteiger partial charge in [0.1, 0.15) is 17.3 Å². The maximum absolute atomic E-state index is 13.9. The molecule has 172 valence electrons. The van der Waals surface area contributed by atoms with E-state index in [1.54, 1.807) is 0 Å². The molecule has 0 unspecified atom stereocenters. The largest absolute Gasteiger partial charge is 0.361 e. The number of nitrogens with zero attached hydrogens (tertiary/aromatic N) is 3. The highest BCUT2D eigenvalue weighted by Crippen LogP contribution is 2.23. The van der Waals surface area contributed by atoms with Gasteiger partial charge in [-0.25, -0.2) is 22.2 Å². The van der Waals surface area contributed by atoms with Crippen LogP contribution in [-0.4, -0.2) is 27.9 Å². The van der Waals surface area contributed by atoms with E-state index in [0.29, 0.717) is 6.07 Å². The number of nitrogens with one attached hydrogen (secondary N) is 3. The molecule has 5 rings (SSSR count). The zero-order valence-electron chi connectivity index (χ0n) is 17.5. The summed E-state index contributed by atoms with van der Waals surface area (Å²) in [5.74, 6) is -1.77. The summed E-state index contributed by atoms with van der Waals surface area (Å²) in [6, 6.07) is 11.0. The molecule has 3 aromatic heterocycles. The van der Waals surface area contributed by atoms with Gasteiger partial charge in [0.25, 0.3) is 15.6 Å². The molecular formula is C22H16F2N6O3S. The molecule has 5 aromatic rings. The smallest absolute Gasteiger partial charge is 0.272 e.